The van der Waals surface area contributed by atoms with Gasteiger partial charge in [-0.1, -0.05) is 18.2 Å². The third kappa shape index (κ3) is 2.32. The molecule has 0 aliphatic rings. The van der Waals surface area contributed by atoms with Gasteiger partial charge in [0.15, 0.2) is 0 Å². The van der Waals surface area contributed by atoms with Crippen LogP contribution in [-0.2, 0) is 13.0 Å². The van der Waals surface area contributed by atoms with E-state index in [0.29, 0.717) is 11.9 Å². The van der Waals surface area contributed by atoms with Crippen LogP contribution >= 0.6 is 0 Å². The minimum Gasteiger partial charge on any atom is -0.361 e. The lowest BCUT2D eigenvalue weighted by atomic mass is 10.1. The van der Waals surface area contributed by atoms with E-state index in [1.54, 1.807) is 12.4 Å². The number of aromatic nitrogens is 3. The number of H-pyrrole nitrogens is 1. The highest BCUT2D eigenvalue weighted by Crippen LogP contribution is 2.19. The van der Waals surface area contributed by atoms with Gasteiger partial charge in [0.1, 0.15) is 0 Å². The third-order valence-electron chi connectivity index (χ3n) is 4.40. The number of nitrogens with one attached hydrogen (secondary N) is 1. The van der Waals surface area contributed by atoms with Gasteiger partial charge in [-0.25, -0.2) is 0 Å². The lowest BCUT2D eigenvalue weighted by molar-refractivity contribution is 0.657. The zero-order valence-corrected chi connectivity index (χ0v) is 12.9. The molecule has 0 atom stereocenters. The number of rotatable bonds is 3. The zero-order valence-electron chi connectivity index (χ0n) is 12.9. The summed E-state index contributed by atoms with van der Waals surface area (Å²) >= 11 is 0. The Hall–Kier alpha value is -2.88. The molecule has 0 fully saturated rings. The van der Waals surface area contributed by atoms with Gasteiger partial charge in [-0.15, -0.1) is 0 Å². The maximum absolute atomic E-state index is 12.7. The highest BCUT2D eigenvalue weighted by molar-refractivity contribution is 5.83. The summed E-state index contributed by atoms with van der Waals surface area (Å²) in [6.45, 7) is 2.65. The minimum absolute atomic E-state index is 0.0351. The summed E-state index contributed by atoms with van der Waals surface area (Å²) < 4.78 is 1.84. The number of pyridine rings is 2. The fraction of sp³-hybridized carbons (Fsp3) is 0.158. The molecule has 23 heavy (non-hydrogen) atoms. The van der Waals surface area contributed by atoms with E-state index >= 15 is 0 Å². The average Bonchev–Trinajstić information content (AvgIpc) is 2.98. The van der Waals surface area contributed by atoms with Gasteiger partial charge in [-0.3, -0.25) is 9.78 Å². The SMILES string of the molecule is Cc1cc2ccncc2c(=O)n1CCc1c[nH]c2ccccc12. The number of fused-ring (bicyclic) bond motifs is 2. The van der Waals surface area contributed by atoms with E-state index < -0.39 is 0 Å². The molecule has 4 nitrogen and oxygen atoms in total. The quantitative estimate of drug-likeness (QED) is 0.630. The van der Waals surface area contributed by atoms with E-state index in [4.69, 9.17) is 0 Å². The zero-order chi connectivity index (χ0) is 15.8. The van der Waals surface area contributed by atoms with Crippen molar-refractivity contribution in [2.75, 3.05) is 0 Å². The fourth-order valence-electron chi connectivity index (χ4n) is 3.17. The van der Waals surface area contributed by atoms with Gasteiger partial charge in [0.25, 0.3) is 5.56 Å². The summed E-state index contributed by atoms with van der Waals surface area (Å²) in [4.78, 5) is 20.1. The molecule has 0 bridgehead atoms. The molecular formula is C19H17N3O. The lowest BCUT2D eigenvalue weighted by Crippen LogP contribution is -2.23. The standard InChI is InChI=1S/C19H17N3O/c1-13-10-14-6-8-20-12-17(14)19(23)22(13)9-7-15-11-21-18-5-3-2-4-16(15)18/h2-6,8,10-12,21H,7,9H2,1H3. The second-order valence-electron chi connectivity index (χ2n) is 5.81. The van der Waals surface area contributed by atoms with Crippen LogP contribution < -0.4 is 5.56 Å². The predicted molar refractivity (Wildman–Crippen MR) is 92.7 cm³/mol. The molecule has 1 aromatic carbocycles. The predicted octanol–water partition coefficient (Wildman–Crippen LogP) is 3.43. The molecule has 0 saturated carbocycles. The van der Waals surface area contributed by atoms with Crippen LogP contribution in [0.4, 0.5) is 0 Å². The van der Waals surface area contributed by atoms with E-state index in [-0.39, 0.29) is 5.56 Å². The molecule has 4 rings (SSSR count). The smallest absolute Gasteiger partial charge is 0.260 e. The molecule has 0 unspecified atom stereocenters. The summed E-state index contributed by atoms with van der Waals surface area (Å²) in [5, 5.41) is 2.85. The van der Waals surface area contributed by atoms with Gasteiger partial charge >= 0.3 is 0 Å². The number of nitrogens with zero attached hydrogens (tertiary/aromatic N) is 2. The van der Waals surface area contributed by atoms with E-state index in [2.05, 4.69) is 22.1 Å². The first-order valence-corrected chi connectivity index (χ1v) is 7.73. The summed E-state index contributed by atoms with van der Waals surface area (Å²) in [6, 6.07) is 12.2. The molecule has 0 amide bonds. The molecule has 4 aromatic rings. The van der Waals surface area contributed by atoms with Crippen molar-refractivity contribution in [2.45, 2.75) is 19.9 Å². The normalized spacial score (nSPS) is 11.3. The van der Waals surface area contributed by atoms with Crippen molar-refractivity contribution < 1.29 is 0 Å². The number of aryl methyl sites for hydroxylation is 2. The van der Waals surface area contributed by atoms with E-state index in [9.17, 15) is 4.79 Å². The highest BCUT2D eigenvalue weighted by Gasteiger charge is 2.08. The van der Waals surface area contributed by atoms with E-state index in [1.165, 1.54) is 10.9 Å². The maximum atomic E-state index is 12.7. The van der Waals surface area contributed by atoms with Crippen LogP contribution in [0.2, 0.25) is 0 Å². The topological polar surface area (TPSA) is 50.7 Å². The minimum atomic E-state index is 0.0351. The third-order valence-corrected chi connectivity index (χ3v) is 4.40. The highest BCUT2D eigenvalue weighted by atomic mass is 16.1. The van der Waals surface area contributed by atoms with Crippen molar-refractivity contribution in [3.05, 3.63) is 76.6 Å². The Morgan fingerprint density at radius 1 is 1.17 bits per heavy atom. The van der Waals surface area contributed by atoms with Crippen LogP contribution in [0, 0.1) is 6.92 Å². The Labute approximate surface area is 133 Å². The first-order chi connectivity index (χ1) is 11.2. The van der Waals surface area contributed by atoms with Crippen molar-refractivity contribution in [1.29, 1.82) is 0 Å². The summed E-state index contributed by atoms with van der Waals surface area (Å²) in [7, 11) is 0. The summed E-state index contributed by atoms with van der Waals surface area (Å²) in [5.74, 6) is 0. The second-order valence-corrected chi connectivity index (χ2v) is 5.81. The van der Waals surface area contributed by atoms with Crippen LogP contribution in [0.25, 0.3) is 21.7 Å². The molecule has 0 aliphatic carbocycles. The van der Waals surface area contributed by atoms with Crippen molar-refractivity contribution >= 4 is 21.7 Å². The fourth-order valence-corrected chi connectivity index (χ4v) is 3.17. The molecule has 114 valence electrons. The molecule has 0 aliphatic heterocycles. The van der Waals surface area contributed by atoms with Crippen LogP contribution in [0.15, 0.2) is 59.8 Å². The number of hydrogen-bond acceptors (Lipinski definition) is 2. The molecule has 3 heterocycles. The van der Waals surface area contributed by atoms with Gasteiger partial charge in [0.05, 0.1) is 5.39 Å². The van der Waals surface area contributed by atoms with Gasteiger partial charge in [0, 0.05) is 41.7 Å². The Balaban J connectivity index is 1.72. The number of aromatic amines is 1. The first kappa shape index (κ1) is 13.8. The second kappa shape index (κ2) is 5.39. The largest absolute Gasteiger partial charge is 0.361 e. The van der Waals surface area contributed by atoms with Crippen molar-refractivity contribution in [3.63, 3.8) is 0 Å². The van der Waals surface area contributed by atoms with Crippen LogP contribution in [0.5, 0.6) is 0 Å². The monoisotopic (exact) mass is 303 g/mol. The number of para-hydroxylation sites is 1. The van der Waals surface area contributed by atoms with Gasteiger partial charge in [-0.05, 0) is 42.5 Å². The van der Waals surface area contributed by atoms with Crippen molar-refractivity contribution in [3.8, 4) is 0 Å². The van der Waals surface area contributed by atoms with Crippen LogP contribution in [0.3, 0.4) is 0 Å². The first-order valence-electron chi connectivity index (χ1n) is 7.73. The maximum Gasteiger partial charge on any atom is 0.260 e. The Morgan fingerprint density at radius 2 is 2.04 bits per heavy atom. The van der Waals surface area contributed by atoms with Gasteiger partial charge in [-0.2, -0.15) is 0 Å². The Morgan fingerprint density at radius 3 is 2.96 bits per heavy atom. The molecular weight excluding hydrogens is 286 g/mol. The Kier molecular flexibility index (Phi) is 3.23. The van der Waals surface area contributed by atoms with E-state index in [1.807, 2.05) is 42.0 Å². The summed E-state index contributed by atoms with van der Waals surface area (Å²) in [6.07, 6.45) is 6.22. The average molecular weight is 303 g/mol. The molecule has 1 N–H and O–H groups in total. The molecule has 0 saturated heterocycles. The van der Waals surface area contributed by atoms with Gasteiger partial charge in [0.2, 0.25) is 0 Å². The molecule has 4 heteroatoms. The molecule has 3 aromatic heterocycles. The lowest BCUT2D eigenvalue weighted by Gasteiger charge is -2.11. The number of benzene rings is 1. The Bertz CT molecular complexity index is 1060. The van der Waals surface area contributed by atoms with E-state index in [0.717, 1.165) is 23.0 Å². The number of hydrogen-bond donors (Lipinski definition) is 1. The van der Waals surface area contributed by atoms with Crippen molar-refractivity contribution in [1.82, 2.24) is 14.5 Å². The molecule has 0 radical (unpaired) electrons. The summed E-state index contributed by atoms with van der Waals surface area (Å²) in [5.41, 5.74) is 3.38. The van der Waals surface area contributed by atoms with Crippen LogP contribution in [0.1, 0.15) is 11.3 Å². The van der Waals surface area contributed by atoms with Crippen molar-refractivity contribution in [2.24, 2.45) is 0 Å². The van der Waals surface area contributed by atoms with Gasteiger partial charge < -0.3 is 9.55 Å². The van der Waals surface area contributed by atoms with Crippen LogP contribution in [-0.4, -0.2) is 14.5 Å². The molecule has 0 spiro atoms.